The average molecular weight is 280 g/mol. The minimum absolute atomic E-state index is 0.119. The van der Waals surface area contributed by atoms with E-state index in [0.29, 0.717) is 0 Å². The second-order valence-corrected chi connectivity index (χ2v) is 4.74. The quantitative estimate of drug-likeness (QED) is 0.762. The van der Waals surface area contributed by atoms with Crippen LogP contribution in [0.1, 0.15) is 18.4 Å². The van der Waals surface area contributed by atoms with Crippen molar-refractivity contribution < 1.29 is 4.79 Å². The normalized spacial score (nSPS) is 15.9. The Morgan fingerprint density at radius 2 is 1.94 bits per heavy atom. The predicted octanol–water partition coefficient (Wildman–Crippen LogP) is 3.08. The number of hydrogen-bond acceptors (Lipinski definition) is 1. The van der Waals surface area contributed by atoms with Gasteiger partial charge in [-0.15, -0.1) is 0 Å². The fourth-order valence-corrected chi connectivity index (χ4v) is 2.23. The van der Waals surface area contributed by atoms with Gasteiger partial charge in [-0.25, -0.2) is 0 Å². The van der Waals surface area contributed by atoms with Gasteiger partial charge in [0.05, 0.1) is 0 Å². The number of likely N-dealkylation sites (tertiary alicyclic amines) is 1. The van der Waals surface area contributed by atoms with Gasteiger partial charge in [-0.3, -0.25) is 4.79 Å². The van der Waals surface area contributed by atoms with Crippen molar-refractivity contribution in [3.63, 3.8) is 0 Å². The highest BCUT2D eigenvalue weighted by Crippen LogP contribution is 2.17. The molecule has 0 saturated carbocycles. The van der Waals surface area contributed by atoms with Crippen LogP contribution in [0.3, 0.4) is 0 Å². The zero-order valence-electron chi connectivity index (χ0n) is 9.03. The maximum absolute atomic E-state index is 11.8. The second kappa shape index (κ2) is 5.30. The van der Waals surface area contributed by atoms with Gasteiger partial charge < -0.3 is 4.90 Å². The lowest BCUT2D eigenvalue weighted by atomic mass is 10.2. The molecule has 2 rings (SSSR count). The first-order valence-corrected chi connectivity index (χ1v) is 6.28. The van der Waals surface area contributed by atoms with E-state index in [2.05, 4.69) is 15.9 Å². The van der Waals surface area contributed by atoms with E-state index in [-0.39, 0.29) is 5.91 Å². The molecule has 0 bridgehead atoms. The lowest BCUT2D eigenvalue weighted by molar-refractivity contribution is -0.124. The number of carbonyl (C=O) groups is 1. The van der Waals surface area contributed by atoms with Crippen LogP contribution in [0.2, 0.25) is 0 Å². The first-order chi connectivity index (χ1) is 7.77. The Morgan fingerprint density at radius 1 is 1.25 bits per heavy atom. The van der Waals surface area contributed by atoms with Crippen molar-refractivity contribution in [3.8, 4) is 0 Å². The first kappa shape index (κ1) is 11.4. The maximum Gasteiger partial charge on any atom is 0.246 e. The highest BCUT2D eigenvalue weighted by Gasteiger charge is 2.14. The summed E-state index contributed by atoms with van der Waals surface area (Å²) in [6, 6.07) is 7.88. The van der Waals surface area contributed by atoms with Gasteiger partial charge in [0.25, 0.3) is 0 Å². The van der Waals surface area contributed by atoms with Crippen LogP contribution in [0.4, 0.5) is 0 Å². The molecule has 3 heteroatoms. The summed E-state index contributed by atoms with van der Waals surface area (Å²) < 4.78 is 1.01. The first-order valence-electron chi connectivity index (χ1n) is 5.49. The molecule has 0 N–H and O–H groups in total. The molecule has 0 atom stereocenters. The van der Waals surface area contributed by atoms with Crippen LogP contribution < -0.4 is 0 Å². The number of carbonyl (C=O) groups excluding carboxylic acids is 1. The fourth-order valence-electron chi connectivity index (χ4n) is 1.81. The molecule has 2 nitrogen and oxygen atoms in total. The van der Waals surface area contributed by atoms with Crippen molar-refractivity contribution in [2.75, 3.05) is 13.1 Å². The van der Waals surface area contributed by atoms with Crippen LogP contribution in [0.5, 0.6) is 0 Å². The Kier molecular flexibility index (Phi) is 3.78. The number of rotatable bonds is 2. The third-order valence-electron chi connectivity index (χ3n) is 2.73. The molecule has 1 aliphatic rings. The molecule has 1 aromatic carbocycles. The molecule has 1 saturated heterocycles. The molecule has 16 heavy (non-hydrogen) atoms. The minimum atomic E-state index is 0.119. The fraction of sp³-hybridized carbons (Fsp3) is 0.308. The summed E-state index contributed by atoms with van der Waals surface area (Å²) >= 11 is 3.45. The van der Waals surface area contributed by atoms with Crippen LogP contribution in [0.15, 0.2) is 34.8 Å². The van der Waals surface area contributed by atoms with Crippen molar-refractivity contribution >= 4 is 27.9 Å². The number of halogens is 1. The molecule has 84 valence electrons. The average Bonchev–Trinajstić information content (AvgIpc) is 2.81. The van der Waals surface area contributed by atoms with Gasteiger partial charge in [-0.05, 0) is 30.5 Å². The van der Waals surface area contributed by atoms with E-state index in [4.69, 9.17) is 0 Å². The summed E-state index contributed by atoms with van der Waals surface area (Å²) in [7, 11) is 0. The maximum atomic E-state index is 11.8. The summed E-state index contributed by atoms with van der Waals surface area (Å²) in [5.74, 6) is 0.119. The summed E-state index contributed by atoms with van der Waals surface area (Å²) in [4.78, 5) is 13.6. The Bertz CT molecular complexity index is 408. The van der Waals surface area contributed by atoms with Gasteiger partial charge >= 0.3 is 0 Å². The van der Waals surface area contributed by atoms with Gasteiger partial charge in [0.15, 0.2) is 0 Å². The highest BCUT2D eigenvalue weighted by atomic mass is 79.9. The SMILES string of the molecule is O=C(/C=C\c1ccccc1Br)N1CCCC1. The van der Waals surface area contributed by atoms with Crippen LogP contribution in [-0.2, 0) is 4.79 Å². The molecule has 1 heterocycles. The number of benzene rings is 1. The standard InChI is InChI=1S/C13H14BrNO/c14-12-6-2-1-5-11(12)7-8-13(16)15-9-3-4-10-15/h1-2,5-8H,3-4,9-10H2/b8-7-. The molecule has 0 aliphatic carbocycles. The van der Waals surface area contributed by atoms with E-state index in [1.165, 1.54) is 0 Å². The third-order valence-corrected chi connectivity index (χ3v) is 3.45. The van der Waals surface area contributed by atoms with Crippen molar-refractivity contribution in [1.29, 1.82) is 0 Å². The Hall–Kier alpha value is -1.09. The van der Waals surface area contributed by atoms with E-state index in [1.807, 2.05) is 35.2 Å². The monoisotopic (exact) mass is 279 g/mol. The van der Waals surface area contributed by atoms with E-state index >= 15 is 0 Å². The molecule has 1 fully saturated rings. The van der Waals surface area contributed by atoms with E-state index in [9.17, 15) is 4.79 Å². The van der Waals surface area contributed by atoms with Crippen LogP contribution in [0.25, 0.3) is 6.08 Å². The van der Waals surface area contributed by atoms with Crippen LogP contribution >= 0.6 is 15.9 Å². The zero-order valence-corrected chi connectivity index (χ0v) is 10.6. The Morgan fingerprint density at radius 3 is 2.62 bits per heavy atom. The second-order valence-electron chi connectivity index (χ2n) is 3.89. The van der Waals surface area contributed by atoms with Crippen molar-refractivity contribution in [2.24, 2.45) is 0 Å². The van der Waals surface area contributed by atoms with E-state index < -0.39 is 0 Å². The van der Waals surface area contributed by atoms with Crippen LogP contribution in [0, 0.1) is 0 Å². The van der Waals surface area contributed by atoms with Crippen molar-refractivity contribution in [1.82, 2.24) is 4.90 Å². The van der Waals surface area contributed by atoms with Gasteiger partial charge in [0.2, 0.25) is 5.91 Å². The summed E-state index contributed by atoms with van der Waals surface area (Å²) in [6.45, 7) is 1.80. The molecule has 1 amide bonds. The number of nitrogens with zero attached hydrogens (tertiary/aromatic N) is 1. The Labute approximate surface area is 104 Å². The molecule has 0 radical (unpaired) electrons. The number of hydrogen-bond donors (Lipinski definition) is 0. The highest BCUT2D eigenvalue weighted by molar-refractivity contribution is 9.10. The smallest absolute Gasteiger partial charge is 0.246 e. The van der Waals surface area contributed by atoms with Crippen LogP contribution in [-0.4, -0.2) is 23.9 Å². The predicted molar refractivity (Wildman–Crippen MR) is 69.0 cm³/mol. The van der Waals surface area contributed by atoms with Gasteiger partial charge in [-0.2, -0.15) is 0 Å². The van der Waals surface area contributed by atoms with E-state index in [1.54, 1.807) is 6.08 Å². The summed E-state index contributed by atoms with van der Waals surface area (Å²) in [5.41, 5.74) is 1.04. The lowest BCUT2D eigenvalue weighted by Crippen LogP contribution is -2.25. The lowest BCUT2D eigenvalue weighted by Gasteiger charge is -2.11. The van der Waals surface area contributed by atoms with Gasteiger partial charge in [0.1, 0.15) is 0 Å². The van der Waals surface area contributed by atoms with E-state index in [0.717, 1.165) is 36.0 Å². The summed E-state index contributed by atoms with van der Waals surface area (Å²) in [5, 5.41) is 0. The zero-order chi connectivity index (χ0) is 11.4. The molecule has 0 aromatic heterocycles. The molecule has 1 aliphatic heterocycles. The molecule has 0 spiro atoms. The summed E-state index contributed by atoms with van der Waals surface area (Å²) in [6.07, 6.45) is 5.79. The number of amides is 1. The molecule has 1 aromatic rings. The molecular formula is C13H14BrNO. The molecular weight excluding hydrogens is 266 g/mol. The van der Waals surface area contributed by atoms with Gasteiger partial charge in [0, 0.05) is 23.6 Å². The molecule has 0 unspecified atom stereocenters. The largest absolute Gasteiger partial charge is 0.339 e. The third kappa shape index (κ3) is 2.73. The van der Waals surface area contributed by atoms with Gasteiger partial charge in [-0.1, -0.05) is 34.1 Å². The minimum Gasteiger partial charge on any atom is -0.339 e. The van der Waals surface area contributed by atoms with Crippen molar-refractivity contribution in [3.05, 3.63) is 40.4 Å². The van der Waals surface area contributed by atoms with Crippen molar-refractivity contribution in [2.45, 2.75) is 12.8 Å². The topological polar surface area (TPSA) is 20.3 Å². The Balaban J connectivity index is 2.03.